The molecule has 0 saturated heterocycles. The van der Waals surface area contributed by atoms with Crippen LogP contribution >= 0.6 is 60.0 Å². The van der Waals surface area contributed by atoms with E-state index in [1.807, 2.05) is 36.4 Å². The van der Waals surface area contributed by atoms with E-state index in [4.69, 9.17) is 18.0 Å². The van der Waals surface area contributed by atoms with Gasteiger partial charge in [-0.15, -0.1) is 0 Å². The minimum Gasteiger partial charge on any atom is -0.389 e. The fraction of sp³-hybridized carbons (Fsp3) is 0. The third-order valence-electron chi connectivity index (χ3n) is 2.47. The van der Waals surface area contributed by atoms with Crippen molar-refractivity contribution in [3.05, 3.63) is 55.4 Å². The first-order valence-corrected chi connectivity index (χ1v) is 8.08. The molecule has 0 unspecified atom stereocenters. The van der Waals surface area contributed by atoms with Crippen LogP contribution in [0.2, 0.25) is 0 Å². The van der Waals surface area contributed by atoms with Gasteiger partial charge in [-0.1, -0.05) is 34.2 Å². The van der Waals surface area contributed by atoms with Crippen molar-refractivity contribution in [1.82, 2.24) is 0 Å². The summed E-state index contributed by atoms with van der Waals surface area (Å²) in [6, 6.07) is 11.7. The Kier molecular flexibility index (Phi) is 5.00. The van der Waals surface area contributed by atoms with E-state index >= 15 is 0 Å². The van der Waals surface area contributed by atoms with Crippen molar-refractivity contribution in [2.45, 2.75) is 0 Å². The maximum absolute atomic E-state index is 5.76. The minimum absolute atomic E-state index is 0.354. The Morgan fingerprint density at radius 1 is 1.05 bits per heavy atom. The molecule has 0 fully saturated rings. The molecule has 0 aliphatic heterocycles. The molecule has 3 N–H and O–H groups in total. The average Bonchev–Trinajstić information content (AvgIpc) is 2.35. The Hall–Kier alpha value is -0.430. The number of anilines is 2. The van der Waals surface area contributed by atoms with Gasteiger partial charge in [0.25, 0.3) is 0 Å². The number of nitrogens with two attached hydrogens (primary N) is 1. The molecule has 2 aromatic carbocycles. The van der Waals surface area contributed by atoms with Gasteiger partial charge in [-0.2, -0.15) is 0 Å². The van der Waals surface area contributed by atoms with Crippen LogP contribution < -0.4 is 11.1 Å². The zero-order chi connectivity index (χ0) is 14.0. The zero-order valence-corrected chi connectivity index (χ0v) is 15.2. The largest absolute Gasteiger partial charge is 0.389 e. The third kappa shape index (κ3) is 3.56. The summed E-state index contributed by atoms with van der Waals surface area (Å²) in [7, 11) is 0. The molecule has 0 bridgehead atoms. The highest BCUT2D eigenvalue weighted by molar-refractivity contribution is 9.11. The Balaban J connectivity index is 2.47. The fourth-order valence-electron chi connectivity index (χ4n) is 1.58. The van der Waals surface area contributed by atoms with E-state index in [1.165, 1.54) is 0 Å². The number of nitrogens with one attached hydrogen (secondary N) is 1. The van der Waals surface area contributed by atoms with E-state index in [0.717, 1.165) is 30.4 Å². The van der Waals surface area contributed by atoms with Crippen molar-refractivity contribution >= 4 is 76.4 Å². The van der Waals surface area contributed by atoms with E-state index < -0.39 is 0 Å². The van der Waals surface area contributed by atoms with Gasteiger partial charge in [0, 0.05) is 24.7 Å². The predicted octanol–water partition coefficient (Wildman–Crippen LogP) is 5.35. The minimum atomic E-state index is 0.354. The topological polar surface area (TPSA) is 38.0 Å². The lowest BCUT2D eigenvalue weighted by atomic mass is 10.1. The lowest BCUT2D eigenvalue weighted by Crippen LogP contribution is -2.12. The van der Waals surface area contributed by atoms with Gasteiger partial charge in [0.05, 0.1) is 5.69 Å². The smallest absolute Gasteiger partial charge is 0.106 e. The highest BCUT2D eigenvalue weighted by atomic mass is 79.9. The predicted molar refractivity (Wildman–Crippen MR) is 95.2 cm³/mol. The average molecular weight is 465 g/mol. The summed E-state index contributed by atoms with van der Waals surface area (Å²) < 4.78 is 2.85. The molecule has 0 aromatic heterocycles. The zero-order valence-electron chi connectivity index (χ0n) is 9.58. The first-order chi connectivity index (χ1) is 8.99. The Morgan fingerprint density at radius 3 is 2.26 bits per heavy atom. The van der Waals surface area contributed by atoms with Crippen LogP contribution in [-0.2, 0) is 0 Å². The second-order valence-corrected chi connectivity index (χ2v) is 6.84. The van der Waals surface area contributed by atoms with Crippen LogP contribution in [0.1, 0.15) is 5.56 Å². The molecule has 0 aliphatic carbocycles. The Bertz CT molecular complexity index is 624. The van der Waals surface area contributed by atoms with E-state index in [-0.39, 0.29) is 0 Å². The molecule has 0 radical (unpaired) electrons. The molecule has 2 nitrogen and oxygen atoms in total. The number of halogens is 3. The third-order valence-corrected chi connectivity index (χ3v) is 4.50. The number of para-hydroxylation sites is 1. The standard InChI is InChI=1S/C13H9Br3N2S/c14-7-4-5-11(8(6-7)13(17)19)18-12-9(15)2-1-3-10(12)16/h1-6,18H,(H2,17,19). The number of benzene rings is 2. The molecule has 19 heavy (non-hydrogen) atoms. The number of thiocarbonyl (C=S) groups is 1. The first-order valence-electron chi connectivity index (χ1n) is 5.29. The van der Waals surface area contributed by atoms with Gasteiger partial charge in [-0.05, 0) is 62.2 Å². The van der Waals surface area contributed by atoms with Gasteiger partial charge >= 0.3 is 0 Å². The summed E-state index contributed by atoms with van der Waals surface area (Å²) in [6.07, 6.45) is 0. The van der Waals surface area contributed by atoms with Gasteiger partial charge in [0.2, 0.25) is 0 Å². The van der Waals surface area contributed by atoms with Crippen molar-refractivity contribution in [2.24, 2.45) is 5.73 Å². The van der Waals surface area contributed by atoms with E-state index in [9.17, 15) is 0 Å². The Labute approximate surface area is 142 Å². The van der Waals surface area contributed by atoms with Gasteiger partial charge in [0.15, 0.2) is 0 Å². The van der Waals surface area contributed by atoms with Crippen molar-refractivity contribution in [1.29, 1.82) is 0 Å². The van der Waals surface area contributed by atoms with Gasteiger partial charge in [-0.25, -0.2) is 0 Å². The second-order valence-electron chi connectivity index (χ2n) is 3.78. The molecule has 0 aliphatic rings. The normalized spacial score (nSPS) is 10.3. The first kappa shape index (κ1) is 15.0. The van der Waals surface area contributed by atoms with Crippen LogP contribution in [-0.4, -0.2) is 4.99 Å². The summed E-state index contributed by atoms with van der Waals surface area (Å²) >= 11 is 15.5. The van der Waals surface area contributed by atoms with Crippen LogP contribution in [0.15, 0.2) is 49.8 Å². The molecule has 6 heteroatoms. The highest BCUT2D eigenvalue weighted by Crippen LogP contribution is 2.34. The van der Waals surface area contributed by atoms with Crippen molar-refractivity contribution < 1.29 is 0 Å². The summed E-state index contributed by atoms with van der Waals surface area (Å²) in [5.74, 6) is 0. The number of hydrogen-bond acceptors (Lipinski definition) is 2. The van der Waals surface area contributed by atoms with Crippen LogP contribution in [0.3, 0.4) is 0 Å². The van der Waals surface area contributed by atoms with Gasteiger partial charge in [0.1, 0.15) is 4.99 Å². The molecule has 2 rings (SSSR count). The van der Waals surface area contributed by atoms with E-state index in [0.29, 0.717) is 4.99 Å². The molecule has 0 atom stereocenters. The second kappa shape index (κ2) is 6.35. The lowest BCUT2D eigenvalue weighted by Gasteiger charge is -2.14. The van der Waals surface area contributed by atoms with Crippen molar-refractivity contribution in [3.63, 3.8) is 0 Å². The van der Waals surface area contributed by atoms with Crippen molar-refractivity contribution in [2.75, 3.05) is 5.32 Å². The molecule has 0 saturated carbocycles. The SMILES string of the molecule is NC(=S)c1cc(Br)ccc1Nc1c(Br)cccc1Br. The monoisotopic (exact) mass is 462 g/mol. The summed E-state index contributed by atoms with van der Waals surface area (Å²) in [4.78, 5) is 0.354. The molecular formula is C13H9Br3N2S. The summed E-state index contributed by atoms with van der Waals surface area (Å²) in [6.45, 7) is 0. The van der Waals surface area contributed by atoms with Crippen LogP contribution in [0.4, 0.5) is 11.4 Å². The van der Waals surface area contributed by atoms with E-state index in [1.54, 1.807) is 0 Å². The fourth-order valence-corrected chi connectivity index (χ4v) is 3.31. The van der Waals surface area contributed by atoms with Crippen LogP contribution in [0, 0.1) is 0 Å². The maximum Gasteiger partial charge on any atom is 0.106 e. The van der Waals surface area contributed by atoms with Crippen LogP contribution in [0.5, 0.6) is 0 Å². The molecular weight excluding hydrogens is 456 g/mol. The van der Waals surface area contributed by atoms with Gasteiger partial charge in [-0.3, -0.25) is 0 Å². The molecule has 98 valence electrons. The van der Waals surface area contributed by atoms with Crippen LogP contribution in [0.25, 0.3) is 0 Å². The molecule has 2 aromatic rings. The quantitative estimate of drug-likeness (QED) is 0.601. The maximum atomic E-state index is 5.76. The van der Waals surface area contributed by atoms with Gasteiger partial charge < -0.3 is 11.1 Å². The highest BCUT2D eigenvalue weighted by Gasteiger charge is 2.10. The summed E-state index contributed by atoms with van der Waals surface area (Å²) in [5, 5.41) is 3.34. The number of hydrogen-bond donors (Lipinski definition) is 2. The molecule has 0 spiro atoms. The molecule has 0 heterocycles. The van der Waals surface area contributed by atoms with Crippen molar-refractivity contribution in [3.8, 4) is 0 Å². The van der Waals surface area contributed by atoms with E-state index in [2.05, 4.69) is 53.1 Å². The Morgan fingerprint density at radius 2 is 1.68 bits per heavy atom. The number of rotatable bonds is 3. The lowest BCUT2D eigenvalue weighted by molar-refractivity contribution is 1.47. The molecule has 0 amide bonds. The summed E-state index contributed by atoms with van der Waals surface area (Å²) in [5.41, 5.74) is 8.36.